The van der Waals surface area contributed by atoms with Gasteiger partial charge in [0.25, 0.3) is 0 Å². The summed E-state index contributed by atoms with van der Waals surface area (Å²) >= 11 is 0. The van der Waals surface area contributed by atoms with E-state index in [0.29, 0.717) is 6.42 Å². The highest BCUT2D eigenvalue weighted by atomic mass is 16.5. The highest BCUT2D eigenvalue weighted by Crippen LogP contribution is 2.37. The van der Waals surface area contributed by atoms with Crippen LogP contribution < -0.4 is 9.47 Å². The Labute approximate surface area is 110 Å². The van der Waals surface area contributed by atoms with Gasteiger partial charge < -0.3 is 14.6 Å². The van der Waals surface area contributed by atoms with Gasteiger partial charge in [0, 0.05) is 17.5 Å². The highest BCUT2D eigenvalue weighted by molar-refractivity contribution is 5.50. The van der Waals surface area contributed by atoms with Crippen molar-refractivity contribution in [2.24, 2.45) is 0 Å². The van der Waals surface area contributed by atoms with Crippen molar-refractivity contribution in [3.8, 4) is 11.5 Å². The second kappa shape index (κ2) is 5.61. The summed E-state index contributed by atoms with van der Waals surface area (Å²) in [6.45, 7) is 8.18. The molecule has 0 aromatic heterocycles. The molecule has 0 aliphatic carbocycles. The summed E-state index contributed by atoms with van der Waals surface area (Å²) in [6, 6.07) is 3.94. The summed E-state index contributed by atoms with van der Waals surface area (Å²) in [4.78, 5) is 0. The Kier molecular flexibility index (Phi) is 4.63. The standard InChI is InChI=1S/C15H24O3/c1-10(16)7-11-8-12(17-5)9-13(14(11)18-6)15(2,3)4/h8-10,16H,7H2,1-6H3. The Hall–Kier alpha value is -1.22. The molecule has 1 rings (SSSR count). The lowest BCUT2D eigenvalue weighted by atomic mass is 9.84. The molecule has 1 atom stereocenters. The van der Waals surface area contributed by atoms with Crippen molar-refractivity contribution in [3.05, 3.63) is 23.3 Å². The van der Waals surface area contributed by atoms with Gasteiger partial charge in [0.2, 0.25) is 0 Å². The Morgan fingerprint density at radius 2 is 1.78 bits per heavy atom. The monoisotopic (exact) mass is 252 g/mol. The summed E-state index contributed by atoms with van der Waals surface area (Å²) < 4.78 is 10.9. The van der Waals surface area contributed by atoms with E-state index in [-0.39, 0.29) is 5.41 Å². The maximum atomic E-state index is 9.59. The smallest absolute Gasteiger partial charge is 0.126 e. The number of benzene rings is 1. The van der Waals surface area contributed by atoms with Crippen molar-refractivity contribution in [3.63, 3.8) is 0 Å². The molecule has 102 valence electrons. The quantitative estimate of drug-likeness (QED) is 0.895. The van der Waals surface area contributed by atoms with Crippen LogP contribution in [0.3, 0.4) is 0 Å². The van der Waals surface area contributed by atoms with E-state index >= 15 is 0 Å². The molecule has 0 fully saturated rings. The van der Waals surface area contributed by atoms with Crippen molar-refractivity contribution in [1.29, 1.82) is 0 Å². The molecule has 1 aromatic carbocycles. The molecule has 0 spiro atoms. The molecule has 0 aliphatic heterocycles. The van der Waals surface area contributed by atoms with Crippen LogP contribution in [0.5, 0.6) is 11.5 Å². The average Bonchev–Trinajstić information content (AvgIpc) is 2.25. The number of hydrogen-bond donors (Lipinski definition) is 1. The molecule has 0 amide bonds. The average molecular weight is 252 g/mol. The zero-order valence-corrected chi connectivity index (χ0v) is 12.2. The first-order valence-corrected chi connectivity index (χ1v) is 6.23. The lowest BCUT2D eigenvalue weighted by molar-refractivity contribution is 0.194. The first-order chi connectivity index (χ1) is 8.29. The van der Waals surface area contributed by atoms with E-state index in [9.17, 15) is 5.11 Å². The fourth-order valence-electron chi connectivity index (χ4n) is 2.05. The van der Waals surface area contributed by atoms with E-state index in [1.165, 1.54) is 0 Å². The van der Waals surface area contributed by atoms with Crippen molar-refractivity contribution in [1.82, 2.24) is 0 Å². The number of hydrogen-bond acceptors (Lipinski definition) is 3. The van der Waals surface area contributed by atoms with Gasteiger partial charge in [-0.2, -0.15) is 0 Å². The summed E-state index contributed by atoms with van der Waals surface area (Å²) in [5, 5.41) is 9.59. The fraction of sp³-hybridized carbons (Fsp3) is 0.600. The maximum absolute atomic E-state index is 9.59. The summed E-state index contributed by atoms with van der Waals surface area (Å²) in [7, 11) is 3.32. The Morgan fingerprint density at radius 3 is 2.17 bits per heavy atom. The van der Waals surface area contributed by atoms with Gasteiger partial charge in [0.1, 0.15) is 11.5 Å². The number of aliphatic hydroxyl groups is 1. The van der Waals surface area contributed by atoms with E-state index in [1.54, 1.807) is 21.1 Å². The molecule has 3 nitrogen and oxygen atoms in total. The normalized spacial score (nSPS) is 13.3. The lowest BCUT2D eigenvalue weighted by Crippen LogP contribution is -2.15. The summed E-state index contributed by atoms with van der Waals surface area (Å²) in [6.07, 6.45) is 0.155. The molecule has 1 N–H and O–H groups in total. The molecule has 0 heterocycles. The van der Waals surface area contributed by atoms with Crippen LogP contribution in [0.2, 0.25) is 0 Å². The predicted octanol–water partition coefficient (Wildman–Crippen LogP) is 2.92. The Balaban J connectivity index is 3.40. The number of rotatable bonds is 4. The molecule has 0 radical (unpaired) electrons. The molecular weight excluding hydrogens is 228 g/mol. The van der Waals surface area contributed by atoms with Crippen LogP contribution in [0, 0.1) is 0 Å². The van der Waals surface area contributed by atoms with Crippen LogP contribution in [0.15, 0.2) is 12.1 Å². The number of aliphatic hydroxyl groups excluding tert-OH is 1. The van der Waals surface area contributed by atoms with Gasteiger partial charge in [-0.05, 0) is 24.5 Å². The van der Waals surface area contributed by atoms with Crippen LogP contribution in [0.25, 0.3) is 0 Å². The predicted molar refractivity (Wildman–Crippen MR) is 73.6 cm³/mol. The Morgan fingerprint density at radius 1 is 1.17 bits per heavy atom. The minimum atomic E-state index is -0.404. The molecule has 0 saturated carbocycles. The van der Waals surface area contributed by atoms with E-state index in [4.69, 9.17) is 9.47 Å². The molecule has 18 heavy (non-hydrogen) atoms. The molecule has 0 bridgehead atoms. The van der Waals surface area contributed by atoms with Gasteiger partial charge >= 0.3 is 0 Å². The highest BCUT2D eigenvalue weighted by Gasteiger charge is 2.23. The minimum absolute atomic E-state index is 0.0344. The van der Waals surface area contributed by atoms with Crippen LogP contribution >= 0.6 is 0 Å². The molecule has 3 heteroatoms. The Bertz CT molecular complexity index is 403. The molecule has 1 aromatic rings. The molecule has 0 aliphatic rings. The van der Waals surface area contributed by atoms with Gasteiger partial charge in [-0.15, -0.1) is 0 Å². The van der Waals surface area contributed by atoms with E-state index in [1.807, 2.05) is 12.1 Å². The topological polar surface area (TPSA) is 38.7 Å². The van der Waals surface area contributed by atoms with Crippen molar-refractivity contribution in [2.45, 2.75) is 45.6 Å². The third kappa shape index (κ3) is 3.39. The summed E-state index contributed by atoms with van der Waals surface area (Å²) in [5.74, 6) is 1.65. The van der Waals surface area contributed by atoms with Gasteiger partial charge in [0.05, 0.1) is 20.3 Å². The van der Waals surface area contributed by atoms with Gasteiger partial charge in [-0.3, -0.25) is 0 Å². The minimum Gasteiger partial charge on any atom is -0.497 e. The van der Waals surface area contributed by atoms with Gasteiger partial charge in [0.15, 0.2) is 0 Å². The molecular formula is C15H24O3. The van der Waals surface area contributed by atoms with Crippen molar-refractivity contribution < 1.29 is 14.6 Å². The van der Waals surface area contributed by atoms with Crippen molar-refractivity contribution >= 4 is 0 Å². The first-order valence-electron chi connectivity index (χ1n) is 6.23. The first kappa shape index (κ1) is 14.8. The lowest BCUT2D eigenvalue weighted by Gasteiger charge is -2.25. The van der Waals surface area contributed by atoms with Gasteiger partial charge in [-0.25, -0.2) is 0 Å². The van der Waals surface area contributed by atoms with E-state index < -0.39 is 6.10 Å². The summed E-state index contributed by atoms with van der Waals surface area (Å²) in [5.41, 5.74) is 2.05. The second-order valence-corrected chi connectivity index (χ2v) is 5.67. The van der Waals surface area contributed by atoms with Crippen molar-refractivity contribution in [2.75, 3.05) is 14.2 Å². The molecule has 1 unspecified atom stereocenters. The maximum Gasteiger partial charge on any atom is 0.126 e. The largest absolute Gasteiger partial charge is 0.497 e. The molecule has 0 saturated heterocycles. The zero-order chi connectivity index (χ0) is 13.9. The van der Waals surface area contributed by atoms with E-state index in [2.05, 4.69) is 20.8 Å². The van der Waals surface area contributed by atoms with E-state index in [0.717, 1.165) is 22.6 Å². The fourth-order valence-corrected chi connectivity index (χ4v) is 2.05. The second-order valence-electron chi connectivity index (χ2n) is 5.67. The SMILES string of the molecule is COc1cc(CC(C)O)c(OC)c(C(C)(C)C)c1. The number of ether oxygens (including phenoxy) is 2. The van der Waals surface area contributed by atoms with Gasteiger partial charge in [-0.1, -0.05) is 20.8 Å². The van der Waals surface area contributed by atoms with Crippen LogP contribution in [-0.2, 0) is 11.8 Å². The number of methoxy groups -OCH3 is 2. The third-order valence-electron chi connectivity index (χ3n) is 2.90. The van der Waals surface area contributed by atoms with Crippen LogP contribution in [0.4, 0.5) is 0 Å². The zero-order valence-electron chi connectivity index (χ0n) is 12.2. The van der Waals surface area contributed by atoms with Crippen LogP contribution in [-0.4, -0.2) is 25.4 Å². The van der Waals surface area contributed by atoms with Crippen LogP contribution in [0.1, 0.15) is 38.8 Å². The third-order valence-corrected chi connectivity index (χ3v) is 2.90.